The lowest BCUT2D eigenvalue weighted by molar-refractivity contribution is -0.384. The standard InChI is InChI=1S/C17H19BrN4O5S/c18-13-2-1-3-16(12-13)28(26,27)21-9-8-17(23)20-11-10-19-14-4-6-15(7-5-14)22(24)25/h1-7,12,19,21H,8-11H2,(H,20,23). The second kappa shape index (κ2) is 10.2. The van der Waals surface area contributed by atoms with Crippen LogP contribution >= 0.6 is 15.9 Å². The molecule has 0 bridgehead atoms. The summed E-state index contributed by atoms with van der Waals surface area (Å²) < 4.78 is 27.3. The topological polar surface area (TPSA) is 130 Å². The Labute approximate surface area is 170 Å². The number of rotatable bonds is 10. The molecule has 11 heteroatoms. The molecule has 0 heterocycles. The monoisotopic (exact) mass is 470 g/mol. The molecule has 0 aliphatic carbocycles. The maximum atomic E-state index is 12.1. The summed E-state index contributed by atoms with van der Waals surface area (Å²) in [5, 5.41) is 16.3. The molecule has 0 aliphatic rings. The molecule has 0 atom stereocenters. The summed E-state index contributed by atoms with van der Waals surface area (Å²) in [5.74, 6) is -0.289. The maximum absolute atomic E-state index is 12.1. The second-order valence-electron chi connectivity index (χ2n) is 5.69. The van der Waals surface area contributed by atoms with Gasteiger partial charge in [-0.25, -0.2) is 13.1 Å². The fraction of sp³-hybridized carbons (Fsp3) is 0.235. The molecule has 0 unspecified atom stereocenters. The van der Waals surface area contributed by atoms with Gasteiger partial charge in [0.1, 0.15) is 0 Å². The molecule has 3 N–H and O–H groups in total. The van der Waals surface area contributed by atoms with E-state index < -0.39 is 14.9 Å². The number of anilines is 1. The van der Waals surface area contributed by atoms with Crippen molar-refractivity contribution >= 4 is 43.2 Å². The Hall–Kier alpha value is -2.50. The number of nitrogens with zero attached hydrogens (tertiary/aromatic N) is 1. The number of benzene rings is 2. The number of sulfonamides is 1. The Morgan fingerprint density at radius 1 is 1.07 bits per heavy atom. The van der Waals surface area contributed by atoms with Crippen molar-refractivity contribution in [1.82, 2.24) is 10.0 Å². The number of non-ortho nitro benzene ring substituents is 1. The van der Waals surface area contributed by atoms with E-state index in [9.17, 15) is 23.3 Å². The van der Waals surface area contributed by atoms with Crippen LogP contribution in [0.5, 0.6) is 0 Å². The lowest BCUT2D eigenvalue weighted by Crippen LogP contribution is -2.33. The minimum absolute atomic E-state index is 0.00386. The van der Waals surface area contributed by atoms with E-state index >= 15 is 0 Å². The number of nitro groups is 1. The van der Waals surface area contributed by atoms with Gasteiger partial charge in [0.05, 0.1) is 9.82 Å². The Bertz CT molecular complexity index is 935. The van der Waals surface area contributed by atoms with Crippen LogP contribution < -0.4 is 15.4 Å². The van der Waals surface area contributed by atoms with Crippen molar-refractivity contribution < 1.29 is 18.1 Å². The van der Waals surface area contributed by atoms with Crippen LogP contribution in [0.4, 0.5) is 11.4 Å². The highest BCUT2D eigenvalue weighted by Gasteiger charge is 2.14. The number of amides is 1. The number of nitro benzene ring substituents is 1. The number of carbonyl (C=O) groups excluding carboxylic acids is 1. The van der Waals surface area contributed by atoms with Crippen molar-refractivity contribution in [1.29, 1.82) is 0 Å². The van der Waals surface area contributed by atoms with Gasteiger partial charge >= 0.3 is 0 Å². The smallest absolute Gasteiger partial charge is 0.269 e. The molecule has 0 aliphatic heterocycles. The minimum Gasteiger partial charge on any atom is -0.383 e. The van der Waals surface area contributed by atoms with Gasteiger partial charge in [0.25, 0.3) is 5.69 Å². The van der Waals surface area contributed by atoms with Crippen molar-refractivity contribution in [3.05, 3.63) is 63.1 Å². The van der Waals surface area contributed by atoms with E-state index in [4.69, 9.17) is 0 Å². The van der Waals surface area contributed by atoms with Crippen LogP contribution in [0, 0.1) is 10.1 Å². The molecule has 2 rings (SSSR count). The van der Waals surface area contributed by atoms with Gasteiger partial charge in [-0.1, -0.05) is 22.0 Å². The molecule has 0 aromatic heterocycles. The molecule has 9 nitrogen and oxygen atoms in total. The van der Waals surface area contributed by atoms with E-state index in [-0.39, 0.29) is 29.5 Å². The SMILES string of the molecule is O=C(CCNS(=O)(=O)c1cccc(Br)c1)NCCNc1ccc([N+](=O)[O-])cc1. The summed E-state index contributed by atoms with van der Waals surface area (Å²) in [7, 11) is -3.67. The van der Waals surface area contributed by atoms with Crippen LogP contribution in [0.25, 0.3) is 0 Å². The van der Waals surface area contributed by atoms with Gasteiger partial charge in [0, 0.05) is 48.3 Å². The highest BCUT2D eigenvalue weighted by atomic mass is 79.9. The van der Waals surface area contributed by atoms with Crippen LogP contribution in [0.1, 0.15) is 6.42 Å². The van der Waals surface area contributed by atoms with Gasteiger partial charge in [-0.15, -0.1) is 0 Å². The molecule has 0 spiro atoms. The summed E-state index contributed by atoms with van der Waals surface area (Å²) in [6.45, 7) is 0.734. The molecule has 0 radical (unpaired) electrons. The van der Waals surface area contributed by atoms with Crippen LogP contribution in [0.15, 0.2) is 57.9 Å². The van der Waals surface area contributed by atoms with Crippen LogP contribution in [0.2, 0.25) is 0 Å². The van der Waals surface area contributed by atoms with Crippen molar-refractivity contribution in [2.75, 3.05) is 25.0 Å². The Morgan fingerprint density at radius 2 is 1.79 bits per heavy atom. The number of hydrogen-bond donors (Lipinski definition) is 3. The first kappa shape index (κ1) is 21.8. The van der Waals surface area contributed by atoms with E-state index in [1.54, 1.807) is 24.3 Å². The molecule has 2 aromatic rings. The van der Waals surface area contributed by atoms with Crippen LogP contribution in [-0.2, 0) is 14.8 Å². The summed E-state index contributed by atoms with van der Waals surface area (Å²) in [4.78, 5) is 22.0. The van der Waals surface area contributed by atoms with Crippen molar-refractivity contribution in [3.8, 4) is 0 Å². The fourth-order valence-corrected chi connectivity index (χ4v) is 3.84. The first-order chi connectivity index (χ1) is 13.3. The lowest BCUT2D eigenvalue weighted by Gasteiger charge is -2.09. The van der Waals surface area contributed by atoms with Gasteiger partial charge in [-0.2, -0.15) is 0 Å². The van der Waals surface area contributed by atoms with Crippen molar-refractivity contribution in [3.63, 3.8) is 0 Å². The van der Waals surface area contributed by atoms with Crippen molar-refractivity contribution in [2.24, 2.45) is 0 Å². The largest absolute Gasteiger partial charge is 0.383 e. The third-order valence-electron chi connectivity index (χ3n) is 3.60. The van der Waals surface area contributed by atoms with E-state index in [1.807, 2.05) is 0 Å². The van der Waals surface area contributed by atoms with Gasteiger partial charge in [-0.3, -0.25) is 14.9 Å². The number of halogens is 1. The molecule has 1 amide bonds. The summed E-state index contributed by atoms with van der Waals surface area (Å²) in [6, 6.07) is 12.2. The third-order valence-corrected chi connectivity index (χ3v) is 5.56. The normalized spacial score (nSPS) is 11.0. The zero-order valence-electron chi connectivity index (χ0n) is 14.7. The maximum Gasteiger partial charge on any atom is 0.269 e. The zero-order valence-corrected chi connectivity index (χ0v) is 17.1. The quantitative estimate of drug-likeness (QED) is 0.277. The van der Waals surface area contributed by atoms with E-state index in [2.05, 4.69) is 31.3 Å². The molecule has 28 heavy (non-hydrogen) atoms. The summed E-state index contributed by atoms with van der Waals surface area (Å²) in [6.07, 6.45) is 0.00473. The van der Waals surface area contributed by atoms with Gasteiger partial charge in [0.15, 0.2) is 0 Å². The predicted octanol–water partition coefficient (Wildman–Crippen LogP) is 2.25. The summed E-state index contributed by atoms with van der Waals surface area (Å²) >= 11 is 3.22. The fourth-order valence-electron chi connectivity index (χ4n) is 2.21. The molecule has 2 aromatic carbocycles. The highest BCUT2D eigenvalue weighted by molar-refractivity contribution is 9.10. The summed E-state index contributed by atoms with van der Waals surface area (Å²) in [5.41, 5.74) is 0.700. The first-order valence-corrected chi connectivity index (χ1v) is 10.6. The molecule has 0 saturated heterocycles. The van der Waals surface area contributed by atoms with Crippen LogP contribution in [-0.4, -0.2) is 38.9 Å². The Balaban J connectivity index is 1.66. The molecular formula is C17H19BrN4O5S. The van der Waals surface area contributed by atoms with E-state index in [1.165, 1.54) is 24.3 Å². The van der Waals surface area contributed by atoms with Gasteiger partial charge in [0.2, 0.25) is 15.9 Å². The van der Waals surface area contributed by atoms with Gasteiger partial charge in [-0.05, 0) is 30.3 Å². The van der Waals surface area contributed by atoms with E-state index in [0.717, 1.165) is 0 Å². The van der Waals surface area contributed by atoms with Gasteiger partial charge < -0.3 is 10.6 Å². The molecule has 0 fully saturated rings. The number of hydrogen-bond acceptors (Lipinski definition) is 6. The third kappa shape index (κ3) is 6.91. The first-order valence-electron chi connectivity index (χ1n) is 8.28. The van der Waals surface area contributed by atoms with Crippen molar-refractivity contribution in [2.45, 2.75) is 11.3 Å². The Morgan fingerprint density at radius 3 is 2.43 bits per heavy atom. The average Bonchev–Trinajstić information content (AvgIpc) is 2.65. The molecule has 150 valence electrons. The highest BCUT2D eigenvalue weighted by Crippen LogP contribution is 2.16. The minimum atomic E-state index is -3.67. The van der Waals surface area contributed by atoms with Crippen LogP contribution in [0.3, 0.4) is 0 Å². The molecular weight excluding hydrogens is 452 g/mol. The number of carbonyl (C=O) groups is 1. The molecule has 0 saturated carbocycles. The number of nitrogens with one attached hydrogen (secondary N) is 3. The van der Waals surface area contributed by atoms with E-state index in [0.29, 0.717) is 23.2 Å². The predicted molar refractivity (Wildman–Crippen MR) is 109 cm³/mol. The zero-order chi connectivity index (χ0) is 20.6. The average molecular weight is 471 g/mol. The lowest BCUT2D eigenvalue weighted by atomic mass is 10.3. The second-order valence-corrected chi connectivity index (χ2v) is 8.37. The Kier molecular flexibility index (Phi) is 7.91.